The summed E-state index contributed by atoms with van der Waals surface area (Å²) in [7, 11) is 0. The van der Waals surface area contributed by atoms with E-state index in [1.807, 2.05) is 0 Å². The summed E-state index contributed by atoms with van der Waals surface area (Å²) < 4.78 is 0. The highest BCUT2D eigenvalue weighted by molar-refractivity contribution is 6.36. The molecule has 7 aromatic carbocycles. The molecule has 0 saturated heterocycles. The zero-order valence-electron chi connectivity index (χ0n) is 43.3. The Morgan fingerprint density at radius 2 is 0.647 bits per heavy atom. The third kappa shape index (κ3) is 11.7. The quantitative estimate of drug-likeness (QED) is 0.101. The minimum absolute atomic E-state index is 0.0245. The van der Waals surface area contributed by atoms with Crippen molar-refractivity contribution in [2.45, 2.75) is 144 Å². The van der Waals surface area contributed by atoms with E-state index in [9.17, 15) is 0 Å². The van der Waals surface area contributed by atoms with Gasteiger partial charge in [-0.15, -0.1) is 0 Å². The number of hydrogen-bond donors (Lipinski definition) is 0. The third-order valence-electron chi connectivity index (χ3n) is 13.3. The van der Waals surface area contributed by atoms with Crippen LogP contribution in [0.3, 0.4) is 0 Å². The van der Waals surface area contributed by atoms with E-state index >= 15 is 0 Å². The standard InChI is InChI=1S/C64H76ClN3/c1-14-15-16-17-20-46-25-35-53(36-26-46)68(57-22-18-21-56(45-57)66(51-37-27-47(28-38-51)61(2,3)4)52-39-29-48(30-40-52)62(5,6)7)59-24-19-23-58(60(59)65)67(54-41-31-49(32-42-54)63(8,9)10)55-43-33-50(34-44-55)64(11,12)13/h18-19,21-45H,14-17,20H2,1-13H3. The van der Waals surface area contributed by atoms with E-state index in [-0.39, 0.29) is 21.7 Å². The molecule has 7 rings (SSSR count). The van der Waals surface area contributed by atoms with Gasteiger partial charge in [0.05, 0.1) is 16.4 Å². The molecule has 0 aliphatic rings. The van der Waals surface area contributed by atoms with Crippen LogP contribution in [-0.2, 0) is 28.1 Å². The van der Waals surface area contributed by atoms with E-state index in [1.165, 1.54) is 53.5 Å². The number of halogens is 1. The molecule has 0 aliphatic heterocycles. The monoisotopic (exact) mass is 922 g/mol. The van der Waals surface area contributed by atoms with E-state index < -0.39 is 0 Å². The van der Waals surface area contributed by atoms with Crippen molar-refractivity contribution in [3.05, 3.63) is 197 Å². The van der Waals surface area contributed by atoms with Gasteiger partial charge in [-0.2, -0.15) is 0 Å². The fraction of sp³-hybridized carbons (Fsp3) is 0.344. The molecule has 0 spiro atoms. The largest absolute Gasteiger partial charge is 0.310 e. The zero-order chi connectivity index (χ0) is 49.0. The van der Waals surface area contributed by atoms with Crippen LogP contribution in [0.15, 0.2) is 164 Å². The molecule has 0 aliphatic carbocycles. The lowest BCUT2D eigenvalue weighted by molar-refractivity contribution is 0.590. The van der Waals surface area contributed by atoms with Crippen LogP contribution >= 0.6 is 11.6 Å². The molecular formula is C64H76ClN3. The maximum absolute atomic E-state index is 7.94. The Kier molecular flexibility index (Phi) is 15.1. The highest BCUT2D eigenvalue weighted by Gasteiger charge is 2.26. The Labute approximate surface area is 415 Å². The molecule has 0 radical (unpaired) electrons. The molecule has 0 saturated carbocycles. The summed E-state index contributed by atoms with van der Waals surface area (Å²) in [5.41, 5.74) is 15.9. The number of rotatable bonds is 14. The van der Waals surface area contributed by atoms with Crippen LogP contribution in [0.25, 0.3) is 0 Å². The molecule has 4 heteroatoms. The Balaban J connectivity index is 1.41. The van der Waals surface area contributed by atoms with Crippen molar-refractivity contribution in [1.29, 1.82) is 0 Å². The summed E-state index contributed by atoms with van der Waals surface area (Å²) in [5, 5.41) is 0.661. The van der Waals surface area contributed by atoms with Crippen molar-refractivity contribution in [2.75, 3.05) is 14.7 Å². The first kappa shape index (κ1) is 50.1. The maximum Gasteiger partial charge on any atom is 0.0887 e. The average molecular weight is 923 g/mol. The molecule has 7 aromatic rings. The lowest BCUT2D eigenvalue weighted by Gasteiger charge is -2.32. The van der Waals surface area contributed by atoms with E-state index in [0.717, 1.165) is 57.6 Å². The molecule has 0 heterocycles. The average Bonchev–Trinajstić information content (AvgIpc) is 3.29. The van der Waals surface area contributed by atoms with Crippen LogP contribution in [0.5, 0.6) is 0 Å². The number of anilines is 9. The summed E-state index contributed by atoms with van der Waals surface area (Å²) >= 11 is 7.94. The second-order valence-corrected chi connectivity index (χ2v) is 23.2. The van der Waals surface area contributed by atoms with Gasteiger partial charge in [0, 0.05) is 39.8 Å². The molecule has 0 atom stereocenters. The molecule has 0 aromatic heterocycles. The molecule has 0 unspecified atom stereocenters. The van der Waals surface area contributed by atoms with E-state index in [0.29, 0.717) is 5.02 Å². The highest BCUT2D eigenvalue weighted by Crippen LogP contribution is 2.48. The first-order valence-electron chi connectivity index (χ1n) is 24.9. The van der Waals surface area contributed by atoms with Crippen molar-refractivity contribution in [3.8, 4) is 0 Å². The highest BCUT2D eigenvalue weighted by atomic mass is 35.5. The van der Waals surface area contributed by atoms with E-state index in [1.54, 1.807) is 0 Å². The molecule has 0 amide bonds. The SMILES string of the molecule is CCCCCCc1ccc(N(c2cccc(N(c3ccc(C(C)(C)C)cc3)c3ccc(C(C)(C)C)cc3)c2)c2cccc(N(c3ccc(C(C)(C)C)cc3)c3ccc(C(C)(C)C)cc3)c2Cl)cc1. The smallest absolute Gasteiger partial charge is 0.0887 e. The van der Waals surface area contributed by atoms with Gasteiger partial charge in [-0.3, -0.25) is 0 Å². The molecule has 3 nitrogen and oxygen atoms in total. The second-order valence-electron chi connectivity index (χ2n) is 22.8. The van der Waals surface area contributed by atoms with Crippen molar-refractivity contribution in [3.63, 3.8) is 0 Å². The lowest BCUT2D eigenvalue weighted by atomic mass is 9.86. The maximum atomic E-state index is 7.94. The summed E-state index contributed by atoms with van der Waals surface area (Å²) in [4.78, 5) is 7.02. The van der Waals surface area contributed by atoms with Gasteiger partial charge < -0.3 is 14.7 Å². The Morgan fingerprint density at radius 3 is 1.00 bits per heavy atom. The topological polar surface area (TPSA) is 9.72 Å². The minimum Gasteiger partial charge on any atom is -0.310 e. The molecule has 68 heavy (non-hydrogen) atoms. The minimum atomic E-state index is 0.0245. The number of hydrogen-bond acceptors (Lipinski definition) is 3. The van der Waals surface area contributed by atoms with Gasteiger partial charge in [0.25, 0.3) is 0 Å². The Morgan fingerprint density at radius 1 is 0.338 bits per heavy atom. The Hall–Kier alpha value is -5.77. The van der Waals surface area contributed by atoms with Crippen LogP contribution in [-0.4, -0.2) is 0 Å². The second kappa shape index (κ2) is 20.4. The molecule has 0 bridgehead atoms. The Bertz CT molecular complexity index is 2610. The van der Waals surface area contributed by atoms with Gasteiger partial charge in [-0.1, -0.05) is 194 Å². The number of aryl methyl sites for hydroxylation is 1. The van der Waals surface area contributed by atoms with E-state index in [2.05, 4.69) is 269 Å². The zero-order valence-corrected chi connectivity index (χ0v) is 44.1. The predicted molar refractivity (Wildman–Crippen MR) is 298 cm³/mol. The van der Waals surface area contributed by atoms with Crippen LogP contribution in [0.2, 0.25) is 5.02 Å². The third-order valence-corrected chi connectivity index (χ3v) is 13.7. The van der Waals surface area contributed by atoms with Crippen molar-refractivity contribution in [2.24, 2.45) is 0 Å². The fourth-order valence-corrected chi connectivity index (χ4v) is 9.23. The summed E-state index contributed by atoms with van der Waals surface area (Å²) in [6.07, 6.45) is 6.02. The van der Waals surface area contributed by atoms with E-state index in [4.69, 9.17) is 11.6 Å². The lowest BCUT2D eigenvalue weighted by Crippen LogP contribution is -2.16. The molecule has 0 N–H and O–H groups in total. The summed E-state index contributed by atoms with van der Waals surface area (Å²) in [6.45, 7) is 29.5. The predicted octanol–water partition coefficient (Wildman–Crippen LogP) is 20.1. The van der Waals surface area contributed by atoms with Crippen LogP contribution in [0, 0.1) is 0 Å². The number of nitrogens with zero attached hydrogens (tertiary/aromatic N) is 3. The van der Waals surface area contributed by atoms with Crippen molar-refractivity contribution >= 4 is 62.8 Å². The van der Waals surface area contributed by atoms with Gasteiger partial charge in [-0.25, -0.2) is 0 Å². The van der Waals surface area contributed by atoms with Gasteiger partial charge >= 0.3 is 0 Å². The number of benzene rings is 7. The summed E-state index contributed by atoms with van der Waals surface area (Å²) in [6, 6.07) is 60.6. The fourth-order valence-electron chi connectivity index (χ4n) is 8.94. The first-order valence-corrected chi connectivity index (χ1v) is 25.3. The molecule has 354 valence electrons. The summed E-state index contributed by atoms with van der Waals surface area (Å²) in [5.74, 6) is 0. The van der Waals surface area contributed by atoms with Crippen molar-refractivity contribution < 1.29 is 0 Å². The van der Waals surface area contributed by atoms with Crippen LogP contribution in [0.1, 0.15) is 144 Å². The van der Waals surface area contributed by atoms with Crippen LogP contribution in [0.4, 0.5) is 51.2 Å². The molecular weight excluding hydrogens is 846 g/mol. The van der Waals surface area contributed by atoms with Crippen molar-refractivity contribution in [1.82, 2.24) is 0 Å². The first-order chi connectivity index (χ1) is 32.1. The van der Waals surface area contributed by atoms with Gasteiger partial charge in [0.15, 0.2) is 0 Å². The van der Waals surface area contributed by atoms with Gasteiger partial charge in [0.1, 0.15) is 0 Å². The normalized spacial score (nSPS) is 12.3. The van der Waals surface area contributed by atoms with Gasteiger partial charge in [0.2, 0.25) is 0 Å². The number of unbranched alkanes of at least 4 members (excludes halogenated alkanes) is 3. The van der Waals surface area contributed by atoms with Crippen LogP contribution < -0.4 is 14.7 Å². The van der Waals surface area contributed by atoms with Gasteiger partial charge in [-0.05, 0) is 153 Å². The molecule has 0 fully saturated rings.